The van der Waals surface area contributed by atoms with E-state index in [1.807, 2.05) is 30.0 Å². The molecule has 0 spiro atoms. The normalized spacial score (nSPS) is 10.4. The minimum absolute atomic E-state index is 0.157. The molecule has 1 heterocycles. The maximum atomic E-state index is 11.4. The Morgan fingerprint density at radius 1 is 1.37 bits per heavy atom. The van der Waals surface area contributed by atoms with Crippen molar-refractivity contribution in [3.8, 4) is 0 Å². The summed E-state index contributed by atoms with van der Waals surface area (Å²) in [6.07, 6.45) is 2.26. The second-order valence-electron chi connectivity index (χ2n) is 4.40. The molecule has 100 valence electrons. The van der Waals surface area contributed by atoms with Crippen LogP contribution in [-0.2, 0) is 0 Å². The van der Waals surface area contributed by atoms with Crippen LogP contribution in [0.15, 0.2) is 41.5 Å². The standard InChI is InChI=1S/C14H18N4O/c1-11-4-2-5-12(8-11)18(7-3-6-15)13-9-14(19)17-10-16-13/h2,4-5,8-10H,3,6-7,15H2,1H3,(H,16,17,19). The van der Waals surface area contributed by atoms with Crippen LogP contribution < -0.4 is 16.2 Å². The molecule has 5 heteroatoms. The Kier molecular flexibility index (Phi) is 4.30. The van der Waals surface area contributed by atoms with E-state index >= 15 is 0 Å². The second-order valence-corrected chi connectivity index (χ2v) is 4.40. The van der Waals surface area contributed by atoms with Gasteiger partial charge in [0.25, 0.3) is 5.56 Å². The fraction of sp³-hybridized carbons (Fsp3) is 0.286. The Morgan fingerprint density at radius 2 is 2.21 bits per heavy atom. The van der Waals surface area contributed by atoms with E-state index in [1.54, 1.807) is 0 Å². The molecule has 3 N–H and O–H groups in total. The third kappa shape index (κ3) is 3.42. The lowest BCUT2D eigenvalue weighted by atomic mass is 10.2. The zero-order valence-corrected chi connectivity index (χ0v) is 11.0. The van der Waals surface area contributed by atoms with Crippen molar-refractivity contribution in [2.24, 2.45) is 5.73 Å². The van der Waals surface area contributed by atoms with Crippen LogP contribution in [0.5, 0.6) is 0 Å². The molecule has 0 aliphatic carbocycles. The number of nitrogens with two attached hydrogens (primary N) is 1. The lowest BCUT2D eigenvalue weighted by Crippen LogP contribution is -2.23. The van der Waals surface area contributed by atoms with Gasteiger partial charge >= 0.3 is 0 Å². The fourth-order valence-corrected chi connectivity index (χ4v) is 1.93. The first-order valence-electron chi connectivity index (χ1n) is 6.30. The van der Waals surface area contributed by atoms with Crippen LogP contribution in [0.2, 0.25) is 0 Å². The quantitative estimate of drug-likeness (QED) is 0.853. The van der Waals surface area contributed by atoms with Crippen LogP contribution in [0.3, 0.4) is 0 Å². The van der Waals surface area contributed by atoms with Gasteiger partial charge in [0.2, 0.25) is 0 Å². The van der Waals surface area contributed by atoms with E-state index in [1.165, 1.54) is 18.0 Å². The number of hydrogen-bond donors (Lipinski definition) is 2. The van der Waals surface area contributed by atoms with Gasteiger partial charge in [0.15, 0.2) is 0 Å². The highest BCUT2D eigenvalue weighted by Crippen LogP contribution is 2.23. The highest BCUT2D eigenvalue weighted by atomic mass is 16.1. The first-order chi connectivity index (χ1) is 9.20. The number of nitrogens with zero attached hydrogens (tertiary/aromatic N) is 2. The third-order valence-corrected chi connectivity index (χ3v) is 2.84. The van der Waals surface area contributed by atoms with Gasteiger partial charge < -0.3 is 15.6 Å². The Bertz CT molecular complexity index is 594. The largest absolute Gasteiger partial charge is 0.330 e. The summed E-state index contributed by atoms with van der Waals surface area (Å²) in [7, 11) is 0. The van der Waals surface area contributed by atoms with Crippen LogP contribution in [0.4, 0.5) is 11.5 Å². The maximum absolute atomic E-state index is 11.4. The number of H-pyrrole nitrogens is 1. The van der Waals surface area contributed by atoms with E-state index < -0.39 is 0 Å². The molecule has 0 aliphatic heterocycles. The molecule has 1 aromatic heterocycles. The maximum Gasteiger partial charge on any atom is 0.252 e. The minimum Gasteiger partial charge on any atom is -0.330 e. The van der Waals surface area contributed by atoms with Crippen molar-refractivity contribution in [3.63, 3.8) is 0 Å². The predicted octanol–water partition coefficient (Wildman–Crippen LogP) is 1.57. The number of aryl methyl sites for hydroxylation is 1. The monoisotopic (exact) mass is 258 g/mol. The van der Waals surface area contributed by atoms with Gasteiger partial charge in [-0.25, -0.2) is 4.98 Å². The van der Waals surface area contributed by atoms with E-state index in [0.29, 0.717) is 12.4 Å². The Balaban J connectivity index is 2.38. The summed E-state index contributed by atoms with van der Waals surface area (Å²) in [5.74, 6) is 0.641. The highest BCUT2D eigenvalue weighted by Gasteiger charge is 2.10. The molecule has 5 nitrogen and oxygen atoms in total. The average Bonchev–Trinajstić information content (AvgIpc) is 2.39. The molecule has 1 aromatic carbocycles. The Morgan fingerprint density at radius 3 is 2.89 bits per heavy atom. The summed E-state index contributed by atoms with van der Waals surface area (Å²) in [4.78, 5) is 20.2. The van der Waals surface area contributed by atoms with E-state index in [9.17, 15) is 4.79 Å². The summed E-state index contributed by atoms with van der Waals surface area (Å²) in [5.41, 5.74) is 7.61. The molecule has 2 aromatic rings. The summed E-state index contributed by atoms with van der Waals surface area (Å²) in [6, 6.07) is 9.60. The number of hydrogen-bond acceptors (Lipinski definition) is 4. The van der Waals surface area contributed by atoms with E-state index in [0.717, 1.165) is 18.7 Å². The number of nitrogens with one attached hydrogen (secondary N) is 1. The molecule has 0 fully saturated rings. The van der Waals surface area contributed by atoms with Gasteiger partial charge in [-0.05, 0) is 37.6 Å². The van der Waals surface area contributed by atoms with Crippen molar-refractivity contribution >= 4 is 11.5 Å². The SMILES string of the molecule is Cc1cccc(N(CCCN)c2cc(=O)[nH]cn2)c1. The number of aromatic nitrogens is 2. The van der Waals surface area contributed by atoms with Gasteiger partial charge in [0, 0.05) is 18.3 Å². The second kappa shape index (κ2) is 6.15. The third-order valence-electron chi connectivity index (χ3n) is 2.84. The molecule has 0 amide bonds. The van der Waals surface area contributed by atoms with Crippen molar-refractivity contribution in [1.29, 1.82) is 0 Å². The first-order valence-corrected chi connectivity index (χ1v) is 6.30. The predicted molar refractivity (Wildman–Crippen MR) is 76.7 cm³/mol. The fourth-order valence-electron chi connectivity index (χ4n) is 1.93. The number of aromatic amines is 1. The zero-order valence-electron chi connectivity index (χ0n) is 11.0. The smallest absolute Gasteiger partial charge is 0.252 e. The zero-order chi connectivity index (χ0) is 13.7. The molecular formula is C14H18N4O. The molecule has 0 atom stereocenters. The van der Waals surface area contributed by atoms with Crippen LogP contribution in [0.1, 0.15) is 12.0 Å². The summed E-state index contributed by atoms with van der Waals surface area (Å²) in [6.45, 7) is 3.37. The lowest BCUT2D eigenvalue weighted by molar-refractivity contribution is 0.807. The highest BCUT2D eigenvalue weighted by molar-refractivity contribution is 5.60. The summed E-state index contributed by atoms with van der Waals surface area (Å²) < 4.78 is 0. The van der Waals surface area contributed by atoms with E-state index in [2.05, 4.69) is 16.0 Å². The van der Waals surface area contributed by atoms with Crippen LogP contribution in [0, 0.1) is 6.92 Å². The topological polar surface area (TPSA) is 75.0 Å². The van der Waals surface area contributed by atoms with Gasteiger partial charge in [0.05, 0.1) is 6.33 Å². The van der Waals surface area contributed by atoms with Crippen molar-refractivity contribution < 1.29 is 0 Å². The molecule has 2 rings (SSSR count). The number of anilines is 2. The molecular weight excluding hydrogens is 240 g/mol. The van der Waals surface area contributed by atoms with Crippen molar-refractivity contribution in [2.45, 2.75) is 13.3 Å². The molecule has 0 radical (unpaired) electrons. The molecule has 0 unspecified atom stereocenters. The van der Waals surface area contributed by atoms with Crippen molar-refractivity contribution in [2.75, 3.05) is 18.0 Å². The molecule has 0 bridgehead atoms. The average molecular weight is 258 g/mol. The first kappa shape index (κ1) is 13.3. The van der Waals surface area contributed by atoms with E-state index in [4.69, 9.17) is 5.73 Å². The molecule has 0 saturated carbocycles. The van der Waals surface area contributed by atoms with Gasteiger partial charge in [-0.1, -0.05) is 12.1 Å². The lowest BCUT2D eigenvalue weighted by Gasteiger charge is -2.23. The minimum atomic E-state index is -0.157. The van der Waals surface area contributed by atoms with Gasteiger partial charge in [-0.3, -0.25) is 4.79 Å². The van der Waals surface area contributed by atoms with Gasteiger partial charge in [-0.15, -0.1) is 0 Å². The van der Waals surface area contributed by atoms with Crippen LogP contribution in [0.25, 0.3) is 0 Å². The van der Waals surface area contributed by atoms with Crippen molar-refractivity contribution in [3.05, 3.63) is 52.6 Å². The Labute approximate surface area is 112 Å². The number of rotatable bonds is 5. The molecule has 0 aliphatic rings. The number of benzene rings is 1. The summed E-state index contributed by atoms with van der Waals surface area (Å²) >= 11 is 0. The summed E-state index contributed by atoms with van der Waals surface area (Å²) in [5, 5.41) is 0. The van der Waals surface area contributed by atoms with Gasteiger partial charge in [0.1, 0.15) is 5.82 Å². The molecule has 19 heavy (non-hydrogen) atoms. The van der Waals surface area contributed by atoms with Crippen LogP contribution >= 0.6 is 0 Å². The Hall–Kier alpha value is -2.14. The van der Waals surface area contributed by atoms with Crippen molar-refractivity contribution in [1.82, 2.24) is 9.97 Å². The van der Waals surface area contributed by atoms with E-state index in [-0.39, 0.29) is 5.56 Å². The van der Waals surface area contributed by atoms with Gasteiger partial charge in [-0.2, -0.15) is 0 Å². The van der Waals surface area contributed by atoms with Crippen LogP contribution in [-0.4, -0.2) is 23.1 Å². The molecule has 0 saturated heterocycles.